The Hall–Kier alpha value is -0.430. The van der Waals surface area contributed by atoms with Crippen molar-refractivity contribution in [2.24, 2.45) is 17.8 Å². The van der Waals surface area contributed by atoms with E-state index in [9.17, 15) is 0 Å². The number of thiol groups is 1. The zero-order valence-electron chi connectivity index (χ0n) is 13.2. The highest BCUT2D eigenvalue weighted by atomic mass is 32.1. The van der Waals surface area contributed by atoms with Crippen LogP contribution in [0.2, 0.25) is 0 Å². The second kappa shape index (κ2) is 7.99. The van der Waals surface area contributed by atoms with Crippen molar-refractivity contribution < 1.29 is 0 Å². The normalized spacial score (nSPS) is 16.4. The first-order valence-corrected chi connectivity index (χ1v) is 8.12. The second-order valence-electron chi connectivity index (χ2n) is 6.80. The molecule has 0 radical (unpaired) electrons. The van der Waals surface area contributed by atoms with E-state index >= 15 is 0 Å². The molecule has 3 atom stereocenters. The molecule has 1 aromatic rings. The number of hydrogen-bond acceptors (Lipinski definition) is 1. The maximum atomic E-state index is 4.35. The van der Waals surface area contributed by atoms with Crippen molar-refractivity contribution in [3.8, 4) is 0 Å². The lowest BCUT2D eigenvalue weighted by atomic mass is 9.84. The van der Waals surface area contributed by atoms with Gasteiger partial charge in [-0.15, -0.1) is 12.6 Å². The predicted molar refractivity (Wildman–Crippen MR) is 89.1 cm³/mol. The molecule has 0 bridgehead atoms. The molecule has 0 saturated carbocycles. The molecule has 0 amide bonds. The van der Waals surface area contributed by atoms with Gasteiger partial charge in [-0.25, -0.2) is 0 Å². The summed E-state index contributed by atoms with van der Waals surface area (Å²) in [7, 11) is 0. The number of rotatable bonds is 7. The maximum Gasteiger partial charge on any atom is 0.00401 e. The zero-order valence-corrected chi connectivity index (χ0v) is 14.1. The van der Waals surface area contributed by atoms with Crippen molar-refractivity contribution in [1.82, 2.24) is 0 Å². The molecule has 0 spiro atoms. The molecule has 1 heteroatoms. The van der Waals surface area contributed by atoms with Crippen molar-refractivity contribution in [2.45, 2.75) is 64.7 Å². The molecular formula is C18H30S. The Kier molecular flexibility index (Phi) is 6.99. The summed E-state index contributed by atoms with van der Waals surface area (Å²) in [6.07, 6.45) is 3.99. The summed E-state index contributed by atoms with van der Waals surface area (Å²) in [4.78, 5) is 1.05. The Balaban J connectivity index is 2.43. The van der Waals surface area contributed by atoms with Crippen molar-refractivity contribution in [1.29, 1.82) is 0 Å². The molecular weight excluding hydrogens is 248 g/mol. The third-order valence-corrected chi connectivity index (χ3v) is 4.19. The van der Waals surface area contributed by atoms with Crippen molar-refractivity contribution >= 4 is 12.6 Å². The van der Waals surface area contributed by atoms with E-state index in [2.05, 4.69) is 71.5 Å². The lowest BCUT2D eigenvalue weighted by molar-refractivity contribution is 0.333. The summed E-state index contributed by atoms with van der Waals surface area (Å²) in [5.41, 5.74) is 1.45. The van der Waals surface area contributed by atoms with Crippen LogP contribution in [0.4, 0.5) is 0 Å². The topological polar surface area (TPSA) is 0 Å². The highest BCUT2D eigenvalue weighted by molar-refractivity contribution is 7.80. The Labute approximate surface area is 125 Å². The highest BCUT2D eigenvalue weighted by Gasteiger charge is 2.14. The van der Waals surface area contributed by atoms with Gasteiger partial charge in [0.25, 0.3) is 0 Å². The largest absolute Gasteiger partial charge is 0.143 e. The molecule has 0 aliphatic carbocycles. The minimum atomic E-state index is 0.648. The van der Waals surface area contributed by atoms with Gasteiger partial charge in [-0.3, -0.25) is 0 Å². The predicted octanol–water partition coefficient (Wildman–Crippen LogP) is 6.18. The van der Waals surface area contributed by atoms with Gasteiger partial charge < -0.3 is 0 Å². The minimum Gasteiger partial charge on any atom is -0.143 e. The fraction of sp³-hybridized carbons (Fsp3) is 0.667. The van der Waals surface area contributed by atoms with Crippen LogP contribution in [0.1, 0.15) is 65.4 Å². The van der Waals surface area contributed by atoms with E-state index in [0.717, 1.165) is 22.6 Å². The SMILES string of the molecule is CC(C)CC(C)CC(C)CC(C)c1ccc(S)cc1. The molecule has 3 unspecified atom stereocenters. The first-order valence-electron chi connectivity index (χ1n) is 7.67. The Morgan fingerprint density at radius 1 is 0.789 bits per heavy atom. The molecule has 0 aromatic heterocycles. The van der Waals surface area contributed by atoms with Gasteiger partial charge in [-0.2, -0.15) is 0 Å². The lowest BCUT2D eigenvalue weighted by Gasteiger charge is -2.22. The van der Waals surface area contributed by atoms with Crippen LogP contribution >= 0.6 is 12.6 Å². The first-order chi connectivity index (χ1) is 8.88. The molecule has 0 fully saturated rings. The minimum absolute atomic E-state index is 0.648. The van der Waals surface area contributed by atoms with Crippen LogP contribution < -0.4 is 0 Å². The van der Waals surface area contributed by atoms with E-state index in [1.54, 1.807) is 0 Å². The van der Waals surface area contributed by atoms with Crippen LogP contribution in [-0.4, -0.2) is 0 Å². The Morgan fingerprint density at radius 2 is 1.32 bits per heavy atom. The van der Waals surface area contributed by atoms with Gasteiger partial charge in [0.05, 0.1) is 0 Å². The number of hydrogen-bond donors (Lipinski definition) is 1. The summed E-state index contributed by atoms with van der Waals surface area (Å²) >= 11 is 4.35. The molecule has 0 aliphatic heterocycles. The zero-order chi connectivity index (χ0) is 14.4. The van der Waals surface area contributed by atoms with E-state index in [-0.39, 0.29) is 0 Å². The summed E-state index contributed by atoms with van der Waals surface area (Å²) in [5, 5.41) is 0. The van der Waals surface area contributed by atoms with Gasteiger partial charge in [0.1, 0.15) is 0 Å². The standard InChI is InChI=1S/C18H30S/c1-13(2)10-14(3)11-15(4)12-16(5)17-6-8-18(19)9-7-17/h6-9,13-16,19H,10-12H2,1-5H3. The van der Waals surface area contributed by atoms with E-state index in [1.807, 2.05) is 0 Å². The molecule has 1 rings (SSSR count). The lowest BCUT2D eigenvalue weighted by Crippen LogP contribution is -2.09. The molecule has 0 aliphatic rings. The smallest absolute Gasteiger partial charge is 0.00401 e. The number of benzene rings is 1. The van der Waals surface area contributed by atoms with Gasteiger partial charge in [0.15, 0.2) is 0 Å². The van der Waals surface area contributed by atoms with Gasteiger partial charge in [-0.05, 0) is 60.6 Å². The van der Waals surface area contributed by atoms with Gasteiger partial charge in [0.2, 0.25) is 0 Å². The third kappa shape index (κ3) is 6.51. The first kappa shape index (κ1) is 16.6. The van der Waals surface area contributed by atoms with Crippen LogP contribution in [0.3, 0.4) is 0 Å². The fourth-order valence-corrected chi connectivity index (χ4v) is 3.38. The van der Waals surface area contributed by atoms with Crippen LogP contribution in [0.15, 0.2) is 29.2 Å². The quantitative estimate of drug-likeness (QED) is 0.566. The molecule has 1 aromatic carbocycles. The molecule has 0 nitrogen and oxygen atoms in total. The summed E-state index contributed by atoms with van der Waals surface area (Å²) < 4.78 is 0. The summed E-state index contributed by atoms with van der Waals surface area (Å²) in [5.74, 6) is 3.12. The van der Waals surface area contributed by atoms with E-state index in [0.29, 0.717) is 5.92 Å². The monoisotopic (exact) mass is 278 g/mol. The van der Waals surface area contributed by atoms with Gasteiger partial charge >= 0.3 is 0 Å². The van der Waals surface area contributed by atoms with Crippen LogP contribution in [-0.2, 0) is 0 Å². The van der Waals surface area contributed by atoms with Crippen LogP contribution in [0, 0.1) is 17.8 Å². The van der Waals surface area contributed by atoms with Crippen molar-refractivity contribution in [3.63, 3.8) is 0 Å². The fourth-order valence-electron chi connectivity index (χ4n) is 3.23. The molecule has 108 valence electrons. The molecule has 0 saturated heterocycles. The summed E-state index contributed by atoms with van der Waals surface area (Å²) in [6, 6.07) is 8.64. The Morgan fingerprint density at radius 3 is 1.84 bits per heavy atom. The second-order valence-corrected chi connectivity index (χ2v) is 7.32. The van der Waals surface area contributed by atoms with E-state index < -0.39 is 0 Å². The average molecular weight is 279 g/mol. The molecule has 19 heavy (non-hydrogen) atoms. The molecule has 0 heterocycles. The van der Waals surface area contributed by atoms with Crippen molar-refractivity contribution in [3.05, 3.63) is 29.8 Å². The Bertz CT molecular complexity index is 352. The van der Waals surface area contributed by atoms with Crippen molar-refractivity contribution in [2.75, 3.05) is 0 Å². The van der Waals surface area contributed by atoms with E-state index in [1.165, 1.54) is 24.8 Å². The van der Waals surface area contributed by atoms with Gasteiger partial charge in [-0.1, -0.05) is 46.8 Å². The third-order valence-electron chi connectivity index (χ3n) is 3.90. The summed E-state index contributed by atoms with van der Waals surface area (Å²) in [6.45, 7) is 11.8. The van der Waals surface area contributed by atoms with Crippen LogP contribution in [0.5, 0.6) is 0 Å². The van der Waals surface area contributed by atoms with Gasteiger partial charge in [0, 0.05) is 4.90 Å². The highest BCUT2D eigenvalue weighted by Crippen LogP contribution is 2.29. The molecule has 0 N–H and O–H groups in total. The van der Waals surface area contributed by atoms with E-state index in [4.69, 9.17) is 0 Å². The van der Waals surface area contributed by atoms with Crippen LogP contribution in [0.25, 0.3) is 0 Å². The average Bonchev–Trinajstić information content (AvgIpc) is 2.27. The maximum absolute atomic E-state index is 4.35.